The van der Waals surface area contributed by atoms with Crippen LogP contribution < -0.4 is 5.73 Å². The van der Waals surface area contributed by atoms with Gasteiger partial charge in [0.1, 0.15) is 0 Å². The number of hydrogen-bond donors (Lipinski definition) is 1. The van der Waals surface area contributed by atoms with Gasteiger partial charge in [-0.25, -0.2) is 0 Å². The van der Waals surface area contributed by atoms with Crippen molar-refractivity contribution in [3.8, 4) is 0 Å². The number of thiocarbonyl (C=S) groups is 1. The third-order valence-electron chi connectivity index (χ3n) is 3.54. The summed E-state index contributed by atoms with van der Waals surface area (Å²) in [5.41, 5.74) is 5.76. The van der Waals surface area contributed by atoms with Gasteiger partial charge in [-0.3, -0.25) is 9.69 Å². The highest BCUT2D eigenvalue weighted by Gasteiger charge is 2.28. The Kier molecular flexibility index (Phi) is 5.17. The maximum Gasteiger partial charge on any atom is 0.289 e. The van der Waals surface area contributed by atoms with Crippen LogP contribution in [0.25, 0.3) is 0 Å². The standard InChI is InChI=1S/C13H18BrN3O2S/c1-2-9(12(15)20)16-5-7-17(8-6-16)13(18)10-3-4-11(14)19-10/h3-4,9H,2,5-8H2,1H3,(H2,15,20). The molecular weight excluding hydrogens is 342 g/mol. The highest BCUT2D eigenvalue weighted by Crippen LogP contribution is 2.17. The molecule has 1 unspecified atom stereocenters. The quantitative estimate of drug-likeness (QED) is 0.831. The third-order valence-corrected chi connectivity index (χ3v) is 4.24. The summed E-state index contributed by atoms with van der Waals surface area (Å²) < 4.78 is 5.87. The normalized spacial score (nSPS) is 18.0. The lowest BCUT2D eigenvalue weighted by Crippen LogP contribution is -2.54. The minimum atomic E-state index is -0.0706. The van der Waals surface area contributed by atoms with Crippen LogP contribution in [0.15, 0.2) is 21.2 Å². The summed E-state index contributed by atoms with van der Waals surface area (Å²) in [6.45, 7) is 4.96. The molecule has 2 N–H and O–H groups in total. The van der Waals surface area contributed by atoms with E-state index in [-0.39, 0.29) is 11.9 Å². The molecule has 20 heavy (non-hydrogen) atoms. The van der Waals surface area contributed by atoms with Crippen molar-refractivity contribution in [3.63, 3.8) is 0 Å². The van der Waals surface area contributed by atoms with Crippen molar-refractivity contribution in [1.82, 2.24) is 9.80 Å². The van der Waals surface area contributed by atoms with Gasteiger partial charge >= 0.3 is 0 Å². The Balaban J connectivity index is 1.94. The van der Waals surface area contributed by atoms with Crippen molar-refractivity contribution in [2.45, 2.75) is 19.4 Å². The number of hydrogen-bond acceptors (Lipinski definition) is 4. The van der Waals surface area contributed by atoms with Crippen LogP contribution in [0.3, 0.4) is 0 Å². The first-order chi connectivity index (χ1) is 9.52. The highest BCUT2D eigenvalue weighted by atomic mass is 79.9. The molecular formula is C13H18BrN3O2S. The Morgan fingerprint density at radius 1 is 1.45 bits per heavy atom. The van der Waals surface area contributed by atoms with Gasteiger partial charge in [-0.1, -0.05) is 19.1 Å². The van der Waals surface area contributed by atoms with E-state index in [0.29, 0.717) is 28.5 Å². The van der Waals surface area contributed by atoms with Crippen molar-refractivity contribution >= 4 is 39.0 Å². The largest absolute Gasteiger partial charge is 0.444 e. The zero-order valence-corrected chi connectivity index (χ0v) is 13.7. The van der Waals surface area contributed by atoms with E-state index < -0.39 is 0 Å². The average Bonchev–Trinajstić information content (AvgIpc) is 2.86. The molecule has 0 saturated carbocycles. The van der Waals surface area contributed by atoms with Gasteiger partial charge in [0.15, 0.2) is 10.4 Å². The van der Waals surface area contributed by atoms with Crippen molar-refractivity contribution in [2.24, 2.45) is 5.73 Å². The molecule has 2 heterocycles. The van der Waals surface area contributed by atoms with E-state index in [1.807, 2.05) is 0 Å². The van der Waals surface area contributed by atoms with Crippen LogP contribution >= 0.6 is 28.1 Å². The molecule has 2 rings (SSSR count). The lowest BCUT2D eigenvalue weighted by Gasteiger charge is -2.38. The lowest BCUT2D eigenvalue weighted by molar-refractivity contribution is 0.0580. The van der Waals surface area contributed by atoms with Crippen LogP contribution in [0.4, 0.5) is 0 Å². The second-order valence-electron chi connectivity index (χ2n) is 4.76. The van der Waals surface area contributed by atoms with Crippen molar-refractivity contribution < 1.29 is 9.21 Å². The molecule has 110 valence electrons. The van der Waals surface area contributed by atoms with E-state index in [0.717, 1.165) is 19.5 Å². The fourth-order valence-corrected chi connectivity index (χ4v) is 3.08. The molecule has 1 atom stereocenters. The highest BCUT2D eigenvalue weighted by molar-refractivity contribution is 9.10. The fraction of sp³-hybridized carbons (Fsp3) is 0.538. The summed E-state index contributed by atoms with van der Waals surface area (Å²) in [6.07, 6.45) is 0.897. The van der Waals surface area contributed by atoms with Gasteiger partial charge in [-0.05, 0) is 34.5 Å². The molecule has 0 spiro atoms. The van der Waals surface area contributed by atoms with E-state index in [1.54, 1.807) is 17.0 Å². The summed E-state index contributed by atoms with van der Waals surface area (Å²) in [4.78, 5) is 16.8. The number of carbonyl (C=O) groups excluding carboxylic acids is 1. The topological polar surface area (TPSA) is 62.7 Å². The first kappa shape index (κ1) is 15.5. The molecule has 1 saturated heterocycles. The maximum absolute atomic E-state index is 12.2. The van der Waals surface area contributed by atoms with Gasteiger partial charge in [0.25, 0.3) is 5.91 Å². The Morgan fingerprint density at radius 2 is 2.10 bits per heavy atom. The predicted octanol–water partition coefficient (Wildman–Crippen LogP) is 1.86. The first-order valence-corrected chi connectivity index (χ1v) is 7.81. The molecule has 1 aromatic rings. The van der Waals surface area contributed by atoms with Crippen LogP contribution in [0.1, 0.15) is 23.9 Å². The number of nitrogens with two attached hydrogens (primary N) is 1. The number of halogens is 1. The number of piperazine rings is 1. The Hall–Kier alpha value is -0.920. The minimum absolute atomic E-state index is 0.0706. The average molecular weight is 360 g/mol. The lowest BCUT2D eigenvalue weighted by atomic mass is 10.1. The zero-order valence-electron chi connectivity index (χ0n) is 11.3. The van der Waals surface area contributed by atoms with E-state index >= 15 is 0 Å². The number of furan rings is 1. The van der Waals surface area contributed by atoms with Crippen LogP contribution in [0, 0.1) is 0 Å². The Bertz CT molecular complexity index is 498. The Morgan fingerprint density at radius 3 is 2.55 bits per heavy atom. The molecule has 1 aromatic heterocycles. The molecule has 1 fully saturated rings. The van der Waals surface area contributed by atoms with Crippen LogP contribution in [-0.2, 0) is 0 Å². The van der Waals surface area contributed by atoms with Crippen LogP contribution in [-0.4, -0.2) is 52.9 Å². The number of nitrogens with zero attached hydrogens (tertiary/aromatic N) is 2. The van der Waals surface area contributed by atoms with Crippen molar-refractivity contribution in [3.05, 3.63) is 22.6 Å². The molecule has 0 radical (unpaired) electrons. The molecule has 5 nitrogen and oxygen atoms in total. The predicted molar refractivity (Wildman–Crippen MR) is 84.7 cm³/mol. The van der Waals surface area contributed by atoms with E-state index in [9.17, 15) is 4.79 Å². The minimum Gasteiger partial charge on any atom is -0.444 e. The number of rotatable bonds is 4. The van der Waals surface area contributed by atoms with Gasteiger partial charge in [-0.15, -0.1) is 0 Å². The van der Waals surface area contributed by atoms with Gasteiger partial charge in [0, 0.05) is 26.2 Å². The summed E-state index contributed by atoms with van der Waals surface area (Å²) >= 11 is 8.30. The summed E-state index contributed by atoms with van der Waals surface area (Å²) in [6, 6.07) is 3.53. The van der Waals surface area contributed by atoms with E-state index in [4.69, 9.17) is 22.4 Å². The van der Waals surface area contributed by atoms with E-state index in [2.05, 4.69) is 27.8 Å². The number of amides is 1. The second-order valence-corrected chi connectivity index (χ2v) is 6.01. The SMILES string of the molecule is CCC(C(N)=S)N1CCN(C(=O)c2ccc(Br)o2)CC1. The van der Waals surface area contributed by atoms with Crippen molar-refractivity contribution in [2.75, 3.05) is 26.2 Å². The van der Waals surface area contributed by atoms with Gasteiger partial charge in [0.05, 0.1) is 11.0 Å². The van der Waals surface area contributed by atoms with Crippen LogP contribution in [0.5, 0.6) is 0 Å². The molecule has 7 heteroatoms. The van der Waals surface area contributed by atoms with Gasteiger partial charge < -0.3 is 15.1 Å². The third kappa shape index (κ3) is 3.39. The Labute approximate surface area is 132 Å². The van der Waals surface area contributed by atoms with Gasteiger partial charge in [-0.2, -0.15) is 0 Å². The maximum atomic E-state index is 12.2. The molecule has 0 aliphatic carbocycles. The first-order valence-electron chi connectivity index (χ1n) is 6.61. The number of carbonyl (C=O) groups is 1. The van der Waals surface area contributed by atoms with E-state index in [1.165, 1.54) is 0 Å². The smallest absolute Gasteiger partial charge is 0.289 e. The molecule has 1 aliphatic heterocycles. The zero-order chi connectivity index (χ0) is 14.7. The van der Waals surface area contributed by atoms with Crippen molar-refractivity contribution in [1.29, 1.82) is 0 Å². The van der Waals surface area contributed by atoms with Gasteiger partial charge in [0.2, 0.25) is 0 Å². The summed E-state index contributed by atoms with van der Waals surface area (Å²) in [7, 11) is 0. The second kappa shape index (κ2) is 6.69. The molecule has 1 aliphatic rings. The van der Waals surface area contributed by atoms with Crippen LogP contribution in [0.2, 0.25) is 0 Å². The summed E-state index contributed by atoms with van der Waals surface area (Å²) in [5.74, 6) is 0.297. The molecule has 0 bridgehead atoms. The monoisotopic (exact) mass is 359 g/mol. The fourth-order valence-electron chi connectivity index (χ4n) is 2.46. The molecule has 0 aromatic carbocycles. The molecule has 1 amide bonds. The summed E-state index contributed by atoms with van der Waals surface area (Å²) in [5, 5.41) is 0.